The molecule has 0 saturated carbocycles. The van der Waals surface area contributed by atoms with E-state index in [1.165, 1.54) is 6.08 Å². The van der Waals surface area contributed by atoms with E-state index in [0.717, 1.165) is 0 Å². The summed E-state index contributed by atoms with van der Waals surface area (Å²) >= 11 is 0.695. The molecule has 0 aromatic rings. The summed E-state index contributed by atoms with van der Waals surface area (Å²) in [4.78, 5) is 2.44. The molecule has 43 heavy (non-hydrogen) atoms. The summed E-state index contributed by atoms with van der Waals surface area (Å²) in [5, 5.41) is 112. The van der Waals surface area contributed by atoms with Gasteiger partial charge in [0.2, 0.25) is 0 Å². The third-order valence-electron chi connectivity index (χ3n) is 7.56. The van der Waals surface area contributed by atoms with E-state index in [0.29, 0.717) is 11.8 Å². The van der Waals surface area contributed by atoms with Crippen LogP contribution in [0, 0.1) is 0 Å². The zero-order valence-corrected chi connectivity index (χ0v) is 23.9. The zero-order valence-electron chi connectivity index (χ0n) is 23.0. The van der Waals surface area contributed by atoms with Crippen LogP contribution in [0.25, 0.3) is 0 Å². The number of hydrogen-bond acceptors (Lipinski definition) is 19. The lowest BCUT2D eigenvalue weighted by molar-refractivity contribution is -0.366. The number of nitrogens with two attached hydrogens (primary N) is 1. The van der Waals surface area contributed by atoms with E-state index in [9.17, 15) is 56.3 Å². The van der Waals surface area contributed by atoms with E-state index in [4.69, 9.17) is 29.4 Å². The van der Waals surface area contributed by atoms with Crippen LogP contribution in [0.4, 0.5) is 0 Å². The Morgan fingerprint density at radius 3 is 2.16 bits per heavy atom. The molecule has 3 saturated heterocycles. The highest BCUT2D eigenvalue weighted by atomic mass is 32.2. The van der Waals surface area contributed by atoms with E-state index in [1.807, 2.05) is 0 Å². The molecule has 0 aromatic carbocycles. The summed E-state index contributed by atoms with van der Waals surface area (Å²) in [5.41, 5.74) is 6.03. The molecule has 3 fully saturated rings. The summed E-state index contributed by atoms with van der Waals surface area (Å²) in [7, 11) is 0. The molecule has 0 radical (unpaired) electrons. The van der Waals surface area contributed by atoms with E-state index in [2.05, 4.69) is 11.5 Å². The molecule has 3 aliphatic rings. The molecule has 8 unspecified atom stereocenters. The van der Waals surface area contributed by atoms with Crippen LogP contribution in [-0.4, -0.2) is 185 Å². The molecule has 0 bridgehead atoms. The minimum atomic E-state index is -1.92. The predicted molar refractivity (Wildman–Crippen MR) is 142 cm³/mol. The molecule has 18 nitrogen and oxygen atoms in total. The standard InChI is InChI=1S/C24H43NO17S/c1-2-3-37-22-17(34)16(33)19(12(7-28)40-22)41-23-18(35)20(15(32)11(6-27)39-23)42-24(8-38-36)4-9(29)13(25)21(43-24)14(31)10(30)5-26/h2,9-23,26-36H,1,3-8,25H2/t9?,10-,11?,12?,13-,14-,15+,16?,17?,18?,19-,20?,21?,22-,23+,24-/m1/s1. The van der Waals surface area contributed by atoms with Crippen LogP contribution in [-0.2, 0) is 28.6 Å². The van der Waals surface area contributed by atoms with Crippen molar-refractivity contribution in [1.82, 2.24) is 0 Å². The first-order valence-corrected chi connectivity index (χ1v) is 14.4. The lowest BCUT2D eigenvalue weighted by atomic mass is 9.94. The molecule has 3 aliphatic heterocycles. The Morgan fingerprint density at radius 2 is 1.58 bits per heavy atom. The van der Waals surface area contributed by atoms with Crippen molar-refractivity contribution in [3.8, 4) is 0 Å². The second-order valence-electron chi connectivity index (χ2n) is 10.6. The van der Waals surface area contributed by atoms with Gasteiger partial charge < -0.3 is 80.5 Å². The fourth-order valence-electron chi connectivity index (χ4n) is 5.20. The van der Waals surface area contributed by atoms with Gasteiger partial charge in [-0.1, -0.05) is 6.08 Å². The van der Waals surface area contributed by atoms with Crippen LogP contribution >= 0.6 is 11.8 Å². The van der Waals surface area contributed by atoms with Crippen LogP contribution in [0.3, 0.4) is 0 Å². The Balaban J connectivity index is 1.87. The first-order valence-electron chi connectivity index (χ1n) is 13.5. The van der Waals surface area contributed by atoms with E-state index >= 15 is 0 Å². The van der Waals surface area contributed by atoms with Crippen molar-refractivity contribution in [2.24, 2.45) is 5.73 Å². The molecule has 0 amide bonds. The molecule has 13 N–H and O–H groups in total. The van der Waals surface area contributed by atoms with Crippen LogP contribution < -0.4 is 5.73 Å². The topological polar surface area (TPSA) is 304 Å². The number of thioether (sulfide) groups is 1. The largest absolute Gasteiger partial charge is 0.394 e. The fourth-order valence-corrected chi connectivity index (χ4v) is 6.91. The normalized spacial score (nSPS) is 45.4. The van der Waals surface area contributed by atoms with Gasteiger partial charge in [0.15, 0.2) is 12.6 Å². The summed E-state index contributed by atoms with van der Waals surface area (Å²) in [5.74, 6) is 0. The SMILES string of the molecule is C=CCO[C@@H]1OC(CO)[C@@H](O[C@@H]2OC(CO)[C@H](O)C(O[C@]3(COO)CC(O)[C@@H](N)C([C@H](O)[C@H](O)CO)S3)C2O)C(O)C1O. The number of hydrogen-bond donors (Lipinski definition) is 12. The van der Waals surface area contributed by atoms with E-state index in [1.54, 1.807) is 0 Å². The van der Waals surface area contributed by atoms with Crippen molar-refractivity contribution >= 4 is 11.8 Å². The van der Waals surface area contributed by atoms with Gasteiger partial charge in [-0.2, -0.15) is 0 Å². The van der Waals surface area contributed by atoms with Crippen molar-refractivity contribution < 1.29 is 84.9 Å². The Morgan fingerprint density at radius 1 is 0.930 bits per heavy atom. The lowest BCUT2D eigenvalue weighted by Crippen LogP contribution is -2.67. The van der Waals surface area contributed by atoms with Gasteiger partial charge in [0, 0.05) is 12.5 Å². The van der Waals surface area contributed by atoms with Gasteiger partial charge in [-0.15, -0.1) is 18.3 Å². The van der Waals surface area contributed by atoms with Crippen LogP contribution in [0.2, 0.25) is 0 Å². The highest BCUT2D eigenvalue weighted by Gasteiger charge is 2.56. The van der Waals surface area contributed by atoms with Gasteiger partial charge in [-0.05, 0) is 0 Å². The Hall–Kier alpha value is -0.630. The molecule has 0 aliphatic carbocycles. The minimum Gasteiger partial charge on any atom is -0.394 e. The first-order chi connectivity index (χ1) is 20.4. The molecule has 3 heterocycles. The maximum atomic E-state index is 11.2. The Bertz CT molecular complexity index is 863. The van der Waals surface area contributed by atoms with Crippen molar-refractivity contribution in [2.75, 3.05) is 33.0 Å². The fraction of sp³-hybridized carbons (Fsp3) is 0.917. The Labute approximate surface area is 250 Å². The number of rotatable bonds is 14. The second-order valence-corrected chi connectivity index (χ2v) is 12.1. The molecule has 0 spiro atoms. The smallest absolute Gasteiger partial charge is 0.187 e. The van der Waals surface area contributed by atoms with Crippen molar-refractivity contribution in [1.29, 1.82) is 0 Å². The highest BCUT2D eigenvalue weighted by Crippen LogP contribution is 2.46. The molecule has 252 valence electrons. The molecular formula is C24H43NO17S. The Kier molecular flexibility index (Phi) is 13.9. The zero-order chi connectivity index (χ0) is 32.1. The summed E-state index contributed by atoms with van der Waals surface area (Å²) in [6.07, 6.45) is -20.1. The summed E-state index contributed by atoms with van der Waals surface area (Å²) < 4.78 is 28.0. The van der Waals surface area contributed by atoms with Gasteiger partial charge in [-0.3, -0.25) is 5.26 Å². The van der Waals surface area contributed by atoms with Crippen LogP contribution in [0.15, 0.2) is 12.7 Å². The predicted octanol–water partition coefficient (Wildman–Crippen LogP) is -6.07. The third kappa shape index (κ3) is 8.21. The number of ether oxygens (including phenoxy) is 5. The highest BCUT2D eigenvalue weighted by molar-refractivity contribution is 8.01. The van der Waals surface area contributed by atoms with E-state index in [-0.39, 0.29) is 13.0 Å². The number of aliphatic hydroxyl groups excluding tert-OH is 10. The van der Waals surface area contributed by atoms with Gasteiger partial charge in [0.25, 0.3) is 0 Å². The van der Waals surface area contributed by atoms with Gasteiger partial charge in [0.05, 0.1) is 43.9 Å². The molecular weight excluding hydrogens is 606 g/mol. The average molecular weight is 650 g/mol. The molecule has 16 atom stereocenters. The quantitative estimate of drug-likeness (QED) is 0.0473. The summed E-state index contributed by atoms with van der Waals surface area (Å²) in [6, 6.07) is -1.16. The molecule has 19 heteroatoms. The monoisotopic (exact) mass is 649 g/mol. The van der Waals surface area contributed by atoms with Gasteiger partial charge in [-0.25, -0.2) is 4.89 Å². The third-order valence-corrected chi connectivity index (χ3v) is 9.24. The van der Waals surface area contributed by atoms with Crippen molar-refractivity contribution in [2.45, 2.75) is 102 Å². The first kappa shape index (κ1) is 36.8. The van der Waals surface area contributed by atoms with E-state index < -0.39 is 122 Å². The summed E-state index contributed by atoms with van der Waals surface area (Å²) in [6.45, 7) is 0.308. The second kappa shape index (κ2) is 16.3. The van der Waals surface area contributed by atoms with Gasteiger partial charge in [0.1, 0.15) is 66.5 Å². The maximum Gasteiger partial charge on any atom is 0.187 e. The average Bonchev–Trinajstić information content (AvgIpc) is 2.99. The van der Waals surface area contributed by atoms with Crippen molar-refractivity contribution in [3.05, 3.63) is 12.7 Å². The molecule has 0 aromatic heterocycles. The van der Waals surface area contributed by atoms with Gasteiger partial charge >= 0.3 is 0 Å². The number of aliphatic hydroxyl groups is 10. The van der Waals surface area contributed by atoms with Crippen molar-refractivity contribution in [3.63, 3.8) is 0 Å². The maximum absolute atomic E-state index is 11.2. The minimum absolute atomic E-state index is 0.0502. The van der Waals surface area contributed by atoms with Crippen LogP contribution in [0.1, 0.15) is 6.42 Å². The lowest BCUT2D eigenvalue weighted by Gasteiger charge is -2.51. The molecule has 3 rings (SSSR count). The van der Waals surface area contributed by atoms with Crippen LogP contribution in [0.5, 0.6) is 0 Å².